The molecule has 0 aromatic heterocycles. The van der Waals surface area contributed by atoms with E-state index in [1.165, 1.54) is 17.9 Å². The van der Waals surface area contributed by atoms with Gasteiger partial charge >= 0.3 is 0 Å². The molecule has 0 fully saturated rings. The van der Waals surface area contributed by atoms with Gasteiger partial charge in [-0.15, -0.1) is 0 Å². The second-order valence-electron chi connectivity index (χ2n) is 4.75. The van der Waals surface area contributed by atoms with E-state index >= 15 is 0 Å². The Morgan fingerprint density at radius 3 is 2.40 bits per heavy atom. The first-order chi connectivity index (χ1) is 9.47. The van der Waals surface area contributed by atoms with Crippen molar-refractivity contribution in [3.05, 3.63) is 34.9 Å². The van der Waals surface area contributed by atoms with Gasteiger partial charge in [0.2, 0.25) is 0 Å². The number of nitrogens with zero attached hydrogens (tertiary/aromatic N) is 1. The zero-order chi connectivity index (χ0) is 15.3. The number of benzene rings is 1. The lowest BCUT2D eigenvalue weighted by atomic mass is 10.1. The molecule has 0 aliphatic rings. The van der Waals surface area contributed by atoms with Crippen LogP contribution in [0.15, 0.2) is 12.1 Å². The molecule has 5 heteroatoms. The maximum Gasteiger partial charge on any atom is 0.260 e. The van der Waals surface area contributed by atoms with E-state index in [0.29, 0.717) is 12.8 Å². The van der Waals surface area contributed by atoms with Crippen LogP contribution in [-0.2, 0) is 0 Å². The van der Waals surface area contributed by atoms with Gasteiger partial charge in [0.1, 0.15) is 17.2 Å². The van der Waals surface area contributed by atoms with Crippen LogP contribution in [0.5, 0.6) is 0 Å². The van der Waals surface area contributed by atoms with Crippen molar-refractivity contribution in [3.8, 4) is 0 Å². The molecule has 0 spiro atoms. The van der Waals surface area contributed by atoms with E-state index in [-0.39, 0.29) is 24.8 Å². The third kappa shape index (κ3) is 3.33. The largest absolute Gasteiger partial charge is 0.395 e. The van der Waals surface area contributed by atoms with Gasteiger partial charge in [-0.2, -0.15) is 0 Å². The lowest BCUT2D eigenvalue weighted by Crippen LogP contribution is -2.42. The molecule has 1 amide bonds. The summed E-state index contributed by atoms with van der Waals surface area (Å²) in [5.74, 6) is -2.40. The summed E-state index contributed by atoms with van der Waals surface area (Å²) < 4.78 is 27.8. The first kappa shape index (κ1) is 16.6. The number of aliphatic hydroxyl groups excluding tert-OH is 1. The molecule has 20 heavy (non-hydrogen) atoms. The summed E-state index contributed by atoms with van der Waals surface area (Å²) in [5.41, 5.74) is -0.311. The third-order valence-corrected chi connectivity index (χ3v) is 3.48. The van der Waals surface area contributed by atoms with Gasteiger partial charge in [-0.05, 0) is 31.4 Å². The Morgan fingerprint density at radius 1 is 1.30 bits per heavy atom. The van der Waals surface area contributed by atoms with Crippen LogP contribution < -0.4 is 0 Å². The molecule has 112 valence electrons. The Hall–Kier alpha value is -1.49. The average Bonchev–Trinajstić information content (AvgIpc) is 2.43. The first-order valence-electron chi connectivity index (χ1n) is 6.84. The van der Waals surface area contributed by atoms with Crippen molar-refractivity contribution in [1.29, 1.82) is 0 Å². The van der Waals surface area contributed by atoms with E-state index in [2.05, 4.69) is 0 Å². The van der Waals surface area contributed by atoms with Crippen molar-refractivity contribution < 1.29 is 18.7 Å². The van der Waals surface area contributed by atoms with Crippen LogP contribution in [0.4, 0.5) is 8.78 Å². The minimum Gasteiger partial charge on any atom is -0.395 e. The number of rotatable bonds is 6. The first-order valence-corrected chi connectivity index (χ1v) is 6.84. The van der Waals surface area contributed by atoms with Crippen LogP contribution in [0.25, 0.3) is 0 Å². The zero-order valence-electron chi connectivity index (χ0n) is 12.1. The summed E-state index contributed by atoms with van der Waals surface area (Å²) in [6, 6.07) is 2.25. The second-order valence-corrected chi connectivity index (χ2v) is 4.75. The number of aliphatic hydroxyl groups is 1. The van der Waals surface area contributed by atoms with Gasteiger partial charge < -0.3 is 10.0 Å². The summed E-state index contributed by atoms with van der Waals surface area (Å²) in [6.45, 7) is 5.11. The van der Waals surface area contributed by atoms with Crippen LogP contribution in [0.2, 0.25) is 0 Å². The van der Waals surface area contributed by atoms with Crippen molar-refractivity contribution >= 4 is 5.91 Å². The van der Waals surface area contributed by atoms with Gasteiger partial charge in [0.25, 0.3) is 5.91 Å². The monoisotopic (exact) mass is 285 g/mol. The second kappa shape index (κ2) is 7.33. The molecular formula is C15H21F2NO2. The molecule has 0 saturated heterocycles. The smallest absolute Gasteiger partial charge is 0.260 e. The predicted molar refractivity (Wildman–Crippen MR) is 73.6 cm³/mol. The number of carbonyl (C=O) groups excluding carboxylic acids is 1. The number of hydrogen-bond acceptors (Lipinski definition) is 2. The van der Waals surface area contributed by atoms with Gasteiger partial charge in [0, 0.05) is 12.6 Å². The molecule has 0 aliphatic carbocycles. The van der Waals surface area contributed by atoms with Gasteiger partial charge in [-0.3, -0.25) is 4.79 Å². The third-order valence-electron chi connectivity index (χ3n) is 3.48. The van der Waals surface area contributed by atoms with E-state index < -0.39 is 23.1 Å². The molecule has 0 radical (unpaired) electrons. The van der Waals surface area contributed by atoms with Crippen LogP contribution in [0, 0.1) is 18.6 Å². The minimum absolute atomic E-state index is 0.0675. The quantitative estimate of drug-likeness (QED) is 0.873. The van der Waals surface area contributed by atoms with Crippen LogP contribution in [-0.4, -0.2) is 35.1 Å². The molecule has 1 N–H and O–H groups in total. The molecule has 3 nitrogen and oxygen atoms in total. The molecule has 0 saturated carbocycles. The normalized spacial score (nSPS) is 10.9. The summed E-state index contributed by atoms with van der Waals surface area (Å²) in [5, 5.41) is 9.08. The Labute approximate surface area is 118 Å². The number of aryl methyl sites for hydroxylation is 1. The summed E-state index contributed by atoms with van der Waals surface area (Å²) in [4.78, 5) is 13.8. The van der Waals surface area contributed by atoms with Gasteiger partial charge in [-0.25, -0.2) is 8.78 Å². The number of hydrogen-bond donors (Lipinski definition) is 1. The van der Waals surface area contributed by atoms with Crippen LogP contribution in [0.3, 0.4) is 0 Å². The maximum absolute atomic E-state index is 14.0. The average molecular weight is 285 g/mol. The van der Waals surface area contributed by atoms with Crippen molar-refractivity contribution in [3.63, 3.8) is 0 Å². The zero-order valence-corrected chi connectivity index (χ0v) is 12.1. The van der Waals surface area contributed by atoms with E-state index in [4.69, 9.17) is 5.11 Å². The number of amides is 1. The standard InChI is InChI=1S/C15H21F2NO2/c1-4-11(5-2)18(8-9-19)15(20)13-12(16)7-6-10(3)14(13)17/h6-7,11,19H,4-5,8-9H2,1-3H3. The van der Waals surface area contributed by atoms with Crippen LogP contribution in [0.1, 0.15) is 42.6 Å². The fraction of sp³-hybridized carbons (Fsp3) is 0.533. The number of carbonyl (C=O) groups is 1. The van der Waals surface area contributed by atoms with E-state index in [9.17, 15) is 13.6 Å². The number of halogens is 2. The van der Waals surface area contributed by atoms with Crippen LogP contribution >= 0.6 is 0 Å². The van der Waals surface area contributed by atoms with Crippen molar-refractivity contribution in [2.45, 2.75) is 39.7 Å². The van der Waals surface area contributed by atoms with Crippen molar-refractivity contribution in [2.75, 3.05) is 13.2 Å². The summed E-state index contributed by atoms with van der Waals surface area (Å²) >= 11 is 0. The van der Waals surface area contributed by atoms with Gasteiger partial charge in [0.05, 0.1) is 6.61 Å². The molecule has 0 aliphatic heterocycles. The lowest BCUT2D eigenvalue weighted by molar-refractivity contribution is 0.0612. The molecule has 0 unspecified atom stereocenters. The van der Waals surface area contributed by atoms with Gasteiger partial charge in [0.15, 0.2) is 0 Å². The summed E-state index contributed by atoms with van der Waals surface area (Å²) in [7, 11) is 0. The predicted octanol–water partition coefficient (Wildman–Crippen LogP) is 2.90. The molecule has 1 rings (SSSR count). The highest BCUT2D eigenvalue weighted by Gasteiger charge is 2.27. The Morgan fingerprint density at radius 2 is 1.90 bits per heavy atom. The maximum atomic E-state index is 14.0. The molecule has 1 aromatic carbocycles. The Bertz CT molecular complexity index is 473. The molecule has 1 aromatic rings. The van der Waals surface area contributed by atoms with Crippen molar-refractivity contribution in [1.82, 2.24) is 4.90 Å². The Kier molecular flexibility index (Phi) is 6.07. The fourth-order valence-electron chi connectivity index (χ4n) is 2.28. The molecular weight excluding hydrogens is 264 g/mol. The fourth-order valence-corrected chi connectivity index (χ4v) is 2.28. The minimum atomic E-state index is -0.869. The highest BCUT2D eigenvalue weighted by molar-refractivity contribution is 5.95. The molecule has 0 heterocycles. The highest BCUT2D eigenvalue weighted by atomic mass is 19.1. The highest BCUT2D eigenvalue weighted by Crippen LogP contribution is 2.21. The SMILES string of the molecule is CCC(CC)N(CCO)C(=O)c1c(F)ccc(C)c1F. The molecule has 0 atom stereocenters. The van der Waals surface area contributed by atoms with Gasteiger partial charge in [-0.1, -0.05) is 19.9 Å². The lowest BCUT2D eigenvalue weighted by Gasteiger charge is -2.30. The van der Waals surface area contributed by atoms with E-state index in [0.717, 1.165) is 6.07 Å². The Balaban J connectivity index is 3.22. The molecule has 0 bridgehead atoms. The topological polar surface area (TPSA) is 40.5 Å². The van der Waals surface area contributed by atoms with E-state index in [1.807, 2.05) is 13.8 Å². The van der Waals surface area contributed by atoms with E-state index in [1.54, 1.807) is 0 Å². The van der Waals surface area contributed by atoms with Crippen molar-refractivity contribution in [2.24, 2.45) is 0 Å². The summed E-state index contributed by atoms with van der Waals surface area (Å²) in [6.07, 6.45) is 1.33.